The Balaban J connectivity index is -0.0000000886. The molecule has 0 atom stereocenters. The van der Waals surface area contributed by atoms with Crippen LogP contribution >= 0.6 is 152 Å². The van der Waals surface area contributed by atoms with Crippen LogP contribution in [0.1, 0.15) is 0 Å². The summed E-state index contributed by atoms with van der Waals surface area (Å²) in [4.78, 5) is 393. The molecular weight excluding hydrogens is 2240 g/mol. The van der Waals surface area contributed by atoms with E-state index in [1.54, 1.807) is 0 Å². The van der Waals surface area contributed by atoms with Gasteiger partial charge < -0.3 is 251 Å². The van der Waals surface area contributed by atoms with E-state index in [1.807, 2.05) is 0 Å². The zero-order valence-electron chi connectivity index (χ0n) is 59.0. The summed E-state index contributed by atoms with van der Waals surface area (Å²) in [6.07, 6.45) is -3.19. The summed E-state index contributed by atoms with van der Waals surface area (Å²) in [5, 5.41) is 0. The normalized spacial score (nSPS) is 14.0. The Kier molecular flexibility index (Phi) is 87.5. The maximum Gasteiger partial charge on any atom is 1.00 e. The molecular formula is C20H48K8N8O60P20-16. The molecule has 0 aromatic rings. The summed E-state index contributed by atoms with van der Waals surface area (Å²) in [6, 6.07) is 0. The average Bonchev–Trinajstić information content (AvgIpc) is 0.724. The molecule has 0 aromatic heterocycles. The Hall–Kier alpha value is 15.8. The van der Waals surface area contributed by atoms with Gasteiger partial charge in [0.05, 0.1) is 0 Å². The van der Waals surface area contributed by atoms with Crippen molar-refractivity contribution >= 4 is 152 Å². The van der Waals surface area contributed by atoms with Crippen LogP contribution < -0.4 is 551 Å². The first-order valence-electron chi connectivity index (χ1n) is 24.1. The minimum atomic E-state index is -7.19. The van der Waals surface area contributed by atoms with Crippen LogP contribution in [0.5, 0.6) is 0 Å². The summed E-state index contributed by atoms with van der Waals surface area (Å²) < 4.78 is 190. The Morgan fingerprint density at radius 3 is 0.293 bits per heavy atom. The van der Waals surface area contributed by atoms with Gasteiger partial charge in [0.15, 0.2) is 0 Å². The molecule has 116 heavy (non-hydrogen) atoms. The van der Waals surface area contributed by atoms with Crippen LogP contribution in [0.15, 0.2) is 0 Å². The van der Waals surface area contributed by atoms with Gasteiger partial charge in [0, 0.05) is 104 Å². The van der Waals surface area contributed by atoms with Gasteiger partial charge in [0.1, 0.15) is 0 Å². The van der Waals surface area contributed by atoms with E-state index in [-0.39, 0.29) is 490 Å². The first-order chi connectivity index (χ1) is 46.1. The number of hydrogen-bond acceptors (Lipinski definition) is 48. The van der Waals surface area contributed by atoms with E-state index < -0.39 is 195 Å². The minimum Gasteiger partial charge on any atom is -0.810 e. The van der Waals surface area contributed by atoms with Crippen molar-refractivity contribution in [1.82, 2.24) is 42.5 Å². The first kappa shape index (κ1) is 162. The smallest absolute Gasteiger partial charge is 0.810 e. The maximum atomic E-state index is 10.7. The molecule has 0 aliphatic rings. The third-order valence-corrected chi connectivity index (χ3v) is 62.2. The molecule has 0 saturated carbocycles. The van der Waals surface area contributed by atoms with Crippen molar-refractivity contribution in [3.05, 3.63) is 0 Å². The van der Waals surface area contributed by atoms with Crippen LogP contribution in [0.3, 0.4) is 0 Å². The van der Waals surface area contributed by atoms with Gasteiger partial charge in [-0.1, -0.05) is 30.4 Å². The summed E-state index contributed by atoms with van der Waals surface area (Å²) in [7, 11) is -131. The summed E-state index contributed by atoms with van der Waals surface area (Å²) in [6.45, 7) is -1.93. The molecule has 652 valence electrons. The number of nitrogens with zero attached hydrogens (tertiary/aromatic N) is 8. The molecule has 68 nitrogen and oxygen atoms in total. The van der Waals surface area contributed by atoms with Crippen molar-refractivity contribution in [1.29, 1.82) is 0 Å². The molecule has 0 bridgehead atoms. The Labute approximate surface area is 992 Å². The van der Waals surface area contributed by atoms with Gasteiger partial charge in [-0.15, -0.1) is 22.9 Å². The van der Waals surface area contributed by atoms with E-state index in [2.05, 4.69) is 0 Å². The fraction of sp³-hybridized carbons (Fsp3) is 1.00. The van der Waals surface area contributed by atoms with Crippen molar-refractivity contribution in [2.75, 3.05) is 104 Å². The van der Waals surface area contributed by atoms with E-state index >= 15 is 0 Å². The van der Waals surface area contributed by atoms with Gasteiger partial charge in [-0.2, -0.15) is 0 Å². The molecule has 0 unspecified atom stereocenters. The third kappa shape index (κ3) is 52.9. The summed E-state index contributed by atoms with van der Waals surface area (Å²) >= 11 is 0. The van der Waals surface area contributed by atoms with Gasteiger partial charge in [-0.05, 0) is 60.8 Å². The van der Waals surface area contributed by atoms with E-state index in [0.717, 1.165) is 19.6 Å². The Bertz CT molecular complexity index is 3110. The predicted molar refractivity (Wildman–Crippen MR) is 292 cm³/mol. The molecule has 96 heteroatoms. The van der Waals surface area contributed by atoms with Crippen LogP contribution in [0.4, 0.5) is 0 Å². The summed E-state index contributed by atoms with van der Waals surface area (Å²) in [5.41, 5.74) is 35.0. The van der Waals surface area contributed by atoms with Gasteiger partial charge in [-0.25, -0.2) is 0 Å². The van der Waals surface area contributed by atoms with Crippen molar-refractivity contribution in [3.63, 3.8) is 0 Å². The molecule has 0 aliphatic heterocycles. The van der Waals surface area contributed by atoms with E-state index in [1.165, 1.54) is 0 Å². The molecule has 0 saturated heterocycles. The second-order valence-electron chi connectivity index (χ2n) is 19.1. The van der Waals surface area contributed by atoms with Crippen molar-refractivity contribution < 1.29 is 698 Å². The molecule has 16 N–H and O–H groups in total. The van der Waals surface area contributed by atoms with E-state index in [0.29, 0.717) is 0 Å². The Morgan fingerprint density at radius 2 is 0.259 bits per heavy atom. The minimum absolute atomic E-state index is 0. The maximum absolute atomic E-state index is 10.7. The topological polar surface area (TPSA) is 1320 Å². The van der Waals surface area contributed by atoms with Crippen LogP contribution in [0.2, 0.25) is 0 Å². The summed E-state index contributed by atoms with van der Waals surface area (Å²) in [5.74, 6) is 0. The Morgan fingerprint density at radius 1 is 0.181 bits per heavy atom. The van der Waals surface area contributed by atoms with Crippen molar-refractivity contribution in [2.24, 2.45) is 0 Å². The molecule has 0 rings (SSSR count). The van der Waals surface area contributed by atoms with Crippen LogP contribution in [0, 0.1) is 0 Å². The van der Waals surface area contributed by atoms with Gasteiger partial charge in [0.25, 0.3) is 0 Å². The zero-order valence-corrected chi connectivity index (χ0v) is 102. The fourth-order valence-electron chi connectivity index (χ4n) is 6.96. The average molecular weight is 2290 g/mol. The largest absolute Gasteiger partial charge is 1.00 e. The van der Waals surface area contributed by atoms with Gasteiger partial charge in [0.2, 0.25) is 17.5 Å². The standard InChI is InChI=1S/2C8H20N4O6P2.4CH8O12P4.8K/c2*9-1-3-11(7-19(13,14)15)5-6-12(4-2-10)8-20(16,17)18;4*2-14(3,4)1(15(5,6)7,16(8,9)10)17(11,12)13;;;;;;;;/h2*1-8H2,(H2,13,14,15)(H2,16,17,18);4*(H2,2,3,4)(H2,5,6,7)(H2,8,9,10)(H2,11,12,13);;;;;;;;/q;;;;;;8*+1/p-24. The van der Waals surface area contributed by atoms with Crippen molar-refractivity contribution in [3.8, 4) is 0 Å². The monoisotopic (exact) mass is 2290 g/mol. The second-order valence-corrected chi connectivity index (χ2v) is 61.0. The third-order valence-electron chi connectivity index (χ3n) is 10.7. The van der Waals surface area contributed by atoms with Gasteiger partial charge in [-0.3, -0.25) is 56.1 Å². The molecule has 8 radical (unpaired) electrons. The van der Waals surface area contributed by atoms with Crippen LogP contribution in [-0.4, -0.2) is 219 Å². The SMILES string of the molecule is O=P([O-])([O-])C(P(=O)([O-])[O-])(P(=O)(O)O)P(=O)(O)O.O=P([O-])([O-])C(P(=O)([O-])[O-])(P(=O)(O)O)P(=O)(O)O.O=P([O-])([O-])C(P(=O)([O-])[O-])(P(=O)(O)O)P(=O)(O)O.O=P([O-])([O-])C(P(=O)([O-])[O-])(P(=O)(O)O)P(=O)(O)O.[K+].[K+].[K+].[K+].[K+].[K+].[K+].[K+].[N]CCN(CCN(CC[N])CP(=O)([O-])[O-])CP(=O)([O-])[O-].[N]CCN(CCN(CC[N])CP(=O)([O-])[O-])CP(=O)([O-])[O-]. The molecule has 0 heterocycles. The van der Waals surface area contributed by atoms with Crippen LogP contribution in [-0.2, 0) is 91.3 Å². The molecule has 0 amide bonds. The van der Waals surface area contributed by atoms with E-state index in [9.17, 15) is 209 Å². The predicted octanol–water partition coefficient (Wildman–Crippen LogP) is -49.9. The molecule has 0 aromatic carbocycles. The fourth-order valence-corrected chi connectivity index (χ4v) is 40.7. The molecule has 0 fully saturated rings. The number of rotatable bonds is 38. The molecule has 0 aliphatic carbocycles. The van der Waals surface area contributed by atoms with Crippen LogP contribution in [0.25, 0.3) is 0 Å². The van der Waals surface area contributed by atoms with Crippen molar-refractivity contribution in [2.45, 2.75) is 17.5 Å². The van der Waals surface area contributed by atoms with Gasteiger partial charge >= 0.3 is 472 Å². The van der Waals surface area contributed by atoms with E-state index in [4.69, 9.17) is 101 Å². The number of hydrogen-bond donors (Lipinski definition) is 16. The quantitative estimate of drug-likeness (QED) is 0.0202. The zero-order chi connectivity index (χ0) is 89.6. The second kappa shape index (κ2) is 62.5. The first-order valence-corrected chi connectivity index (χ1v) is 56.3. The molecule has 0 spiro atoms.